The van der Waals surface area contributed by atoms with Gasteiger partial charge >= 0.3 is 0 Å². The van der Waals surface area contributed by atoms with Crippen LogP contribution in [0.4, 0.5) is 0 Å². The van der Waals surface area contributed by atoms with Gasteiger partial charge in [-0.2, -0.15) is 0 Å². The lowest BCUT2D eigenvalue weighted by Crippen LogP contribution is -2.56. The number of hydrogen-bond acceptors (Lipinski definition) is 6. The van der Waals surface area contributed by atoms with Crippen LogP contribution in [0.5, 0.6) is 5.75 Å². The molecule has 132 valence electrons. The fourth-order valence-corrected chi connectivity index (χ4v) is 2.62. The van der Waals surface area contributed by atoms with Crippen molar-refractivity contribution in [3.05, 3.63) is 29.8 Å². The molecule has 1 aromatic rings. The van der Waals surface area contributed by atoms with Crippen LogP contribution in [0, 0.1) is 0 Å². The van der Waals surface area contributed by atoms with Crippen molar-refractivity contribution >= 4 is 11.8 Å². The molecular weight excluding hydrogens is 312 g/mol. The first kappa shape index (κ1) is 18.2. The highest BCUT2D eigenvalue weighted by atomic mass is 16.5. The van der Waals surface area contributed by atoms with Crippen LogP contribution < -0.4 is 21.3 Å². The fraction of sp³-hybridized carbons (Fsp3) is 0.500. The molecule has 0 radical (unpaired) electrons. The zero-order valence-electron chi connectivity index (χ0n) is 13.8. The van der Waals surface area contributed by atoms with E-state index in [9.17, 15) is 9.59 Å². The van der Waals surface area contributed by atoms with Crippen LogP contribution in [-0.2, 0) is 20.9 Å². The largest absolute Gasteiger partial charge is 0.491 e. The second-order valence-corrected chi connectivity index (χ2v) is 5.54. The van der Waals surface area contributed by atoms with E-state index in [0.29, 0.717) is 32.8 Å². The molecule has 1 unspecified atom stereocenters. The lowest BCUT2D eigenvalue weighted by atomic mass is 10.1. The van der Waals surface area contributed by atoms with Gasteiger partial charge in [-0.05, 0) is 17.7 Å². The van der Waals surface area contributed by atoms with Crippen molar-refractivity contribution in [1.82, 2.24) is 15.6 Å². The Labute approximate surface area is 141 Å². The van der Waals surface area contributed by atoms with Gasteiger partial charge in [-0.1, -0.05) is 12.1 Å². The Morgan fingerprint density at radius 3 is 3.04 bits per heavy atom. The van der Waals surface area contributed by atoms with Gasteiger partial charge in [0.15, 0.2) is 0 Å². The minimum atomic E-state index is -0.527. The van der Waals surface area contributed by atoms with E-state index in [-0.39, 0.29) is 18.2 Å². The van der Waals surface area contributed by atoms with Gasteiger partial charge in [0.05, 0.1) is 19.1 Å². The van der Waals surface area contributed by atoms with Gasteiger partial charge in [0.2, 0.25) is 11.8 Å². The van der Waals surface area contributed by atoms with Crippen molar-refractivity contribution in [1.29, 1.82) is 0 Å². The van der Waals surface area contributed by atoms with Gasteiger partial charge < -0.3 is 14.8 Å². The highest BCUT2D eigenvalue weighted by molar-refractivity contribution is 5.88. The lowest BCUT2D eigenvalue weighted by Gasteiger charge is -2.34. The smallest absolute Gasteiger partial charge is 0.237 e. The number of carbonyl (C=O) groups excluding carboxylic acids is 2. The van der Waals surface area contributed by atoms with Crippen molar-refractivity contribution in [2.45, 2.75) is 19.0 Å². The molecule has 24 heavy (non-hydrogen) atoms. The molecule has 0 aromatic heterocycles. The quantitative estimate of drug-likeness (QED) is 0.253. The number of carbonyl (C=O) groups is 2. The number of hydrazine groups is 1. The first-order valence-corrected chi connectivity index (χ1v) is 7.86. The highest BCUT2D eigenvalue weighted by Crippen LogP contribution is 2.18. The summed E-state index contributed by atoms with van der Waals surface area (Å²) in [6.07, 6.45) is 0.0341. The third-order valence-corrected chi connectivity index (χ3v) is 3.82. The molecule has 1 saturated heterocycles. The second-order valence-electron chi connectivity index (χ2n) is 5.54. The Morgan fingerprint density at radius 2 is 2.29 bits per heavy atom. The first-order valence-electron chi connectivity index (χ1n) is 7.86. The van der Waals surface area contributed by atoms with E-state index in [4.69, 9.17) is 15.3 Å². The molecule has 1 aromatic carbocycles. The molecule has 2 amide bonds. The van der Waals surface area contributed by atoms with Gasteiger partial charge in [-0.15, -0.1) is 0 Å². The molecule has 2 rings (SSSR count). The third kappa shape index (κ3) is 5.19. The topological polar surface area (TPSA) is 106 Å². The van der Waals surface area contributed by atoms with E-state index in [2.05, 4.69) is 10.7 Å². The summed E-state index contributed by atoms with van der Waals surface area (Å²) in [4.78, 5) is 25.6. The van der Waals surface area contributed by atoms with E-state index in [1.165, 1.54) is 0 Å². The molecule has 0 saturated carbocycles. The number of methoxy groups -OCH3 is 1. The van der Waals surface area contributed by atoms with Crippen LogP contribution in [0.15, 0.2) is 24.3 Å². The summed E-state index contributed by atoms with van der Waals surface area (Å²) in [6, 6.07) is 7.16. The number of nitrogens with one attached hydrogen (secondary N) is 2. The lowest BCUT2D eigenvalue weighted by molar-refractivity contribution is -0.134. The minimum Gasteiger partial charge on any atom is -0.491 e. The van der Waals surface area contributed by atoms with E-state index in [0.717, 1.165) is 11.3 Å². The molecule has 4 N–H and O–H groups in total. The Hall–Kier alpha value is -2.16. The molecule has 1 heterocycles. The van der Waals surface area contributed by atoms with E-state index in [1.54, 1.807) is 7.11 Å². The van der Waals surface area contributed by atoms with Gasteiger partial charge in [0.25, 0.3) is 0 Å². The summed E-state index contributed by atoms with van der Waals surface area (Å²) >= 11 is 0. The number of amides is 2. The van der Waals surface area contributed by atoms with Gasteiger partial charge in [-0.25, -0.2) is 5.84 Å². The fourth-order valence-electron chi connectivity index (χ4n) is 2.62. The van der Waals surface area contributed by atoms with Crippen LogP contribution in [0.1, 0.15) is 12.0 Å². The number of hydrogen-bond donors (Lipinski definition) is 3. The van der Waals surface area contributed by atoms with Crippen molar-refractivity contribution < 1.29 is 19.1 Å². The summed E-state index contributed by atoms with van der Waals surface area (Å²) in [6.45, 7) is 2.78. The van der Waals surface area contributed by atoms with Crippen LogP contribution >= 0.6 is 0 Å². The van der Waals surface area contributed by atoms with Crippen LogP contribution in [0.2, 0.25) is 0 Å². The molecule has 8 heteroatoms. The normalized spacial score (nSPS) is 18.1. The Kier molecular flexibility index (Phi) is 6.98. The van der Waals surface area contributed by atoms with Gasteiger partial charge in [-0.3, -0.25) is 19.9 Å². The Balaban J connectivity index is 2.02. The van der Waals surface area contributed by atoms with Gasteiger partial charge in [0.1, 0.15) is 12.4 Å². The zero-order valence-corrected chi connectivity index (χ0v) is 13.8. The third-order valence-electron chi connectivity index (χ3n) is 3.82. The second kappa shape index (κ2) is 9.21. The van der Waals surface area contributed by atoms with E-state index < -0.39 is 6.04 Å². The average Bonchev–Trinajstić information content (AvgIpc) is 2.58. The number of piperazine rings is 1. The molecule has 0 aliphatic carbocycles. The molecule has 1 fully saturated rings. The molecule has 1 aliphatic heterocycles. The molecular formula is C16H24N4O4. The maximum atomic E-state index is 12.1. The predicted octanol–water partition coefficient (Wildman–Crippen LogP) is -0.608. The van der Waals surface area contributed by atoms with E-state index >= 15 is 0 Å². The summed E-state index contributed by atoms with van der Waals surface area (Å²) in [7, 11) is 1.62. The number of ether oxygens (including phenoxy) is 2. The summed E-state index contributed by atoms with van der Waals surface area (Å²) < 4.78 is 10.6. The summed E-state index contributed by atoms with van der Waals surface area (Å²) in [5.74, 6) is 5.37. The standard InChI is InChI=1S/C16H24N4O4/c1-23-7-8-24-13-4-2-3-12(9-13)11-20-6-5-18-16(22)14(20)10-15(21)19-17/h2-4,9,14H,5-8,10-11,17H2,1H3,(H,18,22)(H,19,21). The van der Waals surface area contributed by atoms with Gasteiger partial charge in [0, 0.05) is 26.7 Å². The zero-order chi connectivity index (χ0) is 17.4. The van der Waals surface area contributed by atoms with Crippen LogP contribution in [0.25, 0.3) is 0 Å². The van der Waals surface area contributed by atoms with E-state index in [1.807, 2.05) is 29.2 Å². The van der Waals surface area contributed by atoms with Crippen molar-refractivity contribution in [2.24, 2.45) is 5.84 Å². The van der Waals surface area contributed by atoms with Crippen molar-refractivity contribution in [3.8, 4) is 5.75 Å². The maximum Gasteiger partial charge on any atom is 0.237 e. The highest BCUT2D eigenvalue weighted by Gasteiger charge is 2.31. The number of nitrogens with two attached hydrogens (primary N) is 1. The average molecular weight is 336 g/mol. The van der Waals surface area contributed by atoms with Crippen LogP contribution in [0.3, 0.4) is 0 Å². The number of nitrogens with zero attached hydrogens (tertiary/aromatic N) is 1. The minimum absolute atomic E-state index is 0.0341. The van der Waals surface area contributed by atoms with Crippen molar-refractivity contribution in [3.63, 3.8) is 0 Å². The SMILES string of the molecule is COCCOc1cccc(CN2CCNC(=O)C2CC(=O)NN)c1. The number of benzene rings is 1. The predicted molar refractivity (Wildman–Crippen MR) is 88.0 cm³/mol. The molecule has 0 bridgehead atoms. The summed E-state index contributed by atoms with van der Waals surface area (Å²) in [5.41, 5.74) is 3.09. The number of rotatable bonds is 8. The Bertz CT molecular complexity index is 567. The molecule has 8 nitrogen and oxygen atoms in total. The Morgan fingerprint density at radius 1 is 1.46 bits per heavy atom. The maximum absolute atomic E-state index is 12.1. The molecule has 1 aliphatic rings. The van der Waals surface area contributed by atoms with Crippen molar-refractivity contribution in [2.75, 3.05) is 33.4 Å². The summed E-state index contributed by atoms with van der Waals surface area (Å²) in [5, 5.41) is 2.78. The first-order chi connectivity index (χ1) is 11.6. The monoisotopic (exact) mass is 336 g/mol. The molecule has 1 atom stereocenters. The van der Waals surface area contributed by atoms with Crippen LogP contribution in [-0.4, -0.2) is 56.2 Å². The molecule has 0 spiro atoms.